The molecule has 0 aromatic carbocycles. The van der Waals surface area contributed by atoms with Crippen LogP contribution in [0.25, 0.3) is 0 Å². The summed E-state index contributed by atoms with van der Waals surface area (Å²) in [4.78, 5) is 2.00. The Morgan fingerprint density at radius 1 is 1.64 bits per heavy atom. The van der Waals surface area contributed by atoms with Crippen LogP contribution in [0.2, 0.25) is 0 Å². The summed E-state index contributed by atoms with van der Waals surface area (Å²) in [6.45, 7) is 1.81. The molecule has 0 saturated carbocycles. The molecule has 2 rings (SSSR count). The fraction of sp³-hybridized carbons (Fsp3) is 0.500. The van der Waals surface area contributed by atoms with E-state index in [1.165, 1.54) is 4.88 Å². The molecule has 0 radical (unpaired) electrons. The van der Waals surface area contributed by atoms with E-state index in [4.69, 9.17) is 10.00 Å². The lowest BCUT2D eigenvalue weighted by molar-refractivity contribution is -0.0496. The second-order valence-corrected chi connectivity index (χ2v) is 4.71. The Morgan fingerprint density at radius 2 is 2.43 bits per heavy atom. The predicted molar refractivity (Wildman–Crippen MR) is 55.3 cm³/mol. The minimum absolute atomic E-state index is 0.0302. The fourth-order valence-electron chi connectivity index (χ4n) is 1.60. The Labute approximate surface area is 87.3 Å². The highest BCUT2D eigenvalue weighted by molar-refractivity contribution is 7.12. The summed E-state index contributed by atoms with van der Waals surface area (Å²) >= 11 is 1.56. The van der Waals surface area contributed by atoms with Crippen molar-refractivity contribution in [1.29, 1.82) is 5.26 Å². The maximum atomic E-state index is 8.69. The molecule has 1 aromatic rings. The van der Waals surface area contributed by atoms with E-state index in [9.17, 15) is 0 Å². The highest BCUT2D eigenvalue weighted by Crippen LogP contribution is 2.25. The quantitative estimate of drug-likeness (QED) is 0.810. The summed E-state index contributed by atoms with van der Waals surface area (Å²) in [5.41, 5.74) is -0.0302. The third-order valence-corrected chi connectivity index (χ3v) is 3.59. The van der Waals surface area contributed by atoms with Gasteiger partial charge in [0.25, 0.3) is 0 Å². The number of ether oxygens (including phenoxy) is 1. The smallest absolute Gasteiger partial charge is 0.110 e. The summed E-state index contributed by atoms with van der Waals surface area (Å²) in [7, 11) is 1.75. The fourth-order valence-corrected chi connectivity index (χ4v) is 2.53. The molecule has 0 spiro atoms. The first-order valence-corrected chi connectivity index (χ1v) is 5.34. The minimum Gasteiger partial charge on any atom is -0.375 e. The normalized spacial score (nSPS) is 18.6. The Kier molecular flexibility index (Phi) is 2.55. The van der Waals surface area contributed by atoms with Crippen LogP contribution < -0.4 is 5.32 Å². The van der Waals surface area contributed by atoms with Gasteiger partial charge in [-0.15, -0.1) is 11.3 Å². The van der Waals surface area contributed by atoms with Gasteiger partial charge in [-0.3, -0.25) is 0 Å². The van der Waals surface area contributed by atoms with Gasteiger partial charge in [0, 0.05) is 31.5 Å². The van der Waals surface area contributed by atoms with Gasteiger partial charge in [-0.2, -0.15) is 5.26 Å². The van der Waals surface area contributed by atoms with E-state index in [1.54, 1.807) is 18.4 Å². The molecule has 1 aromatic heterocycles. The first-order chi connectivity index (χ1) is 6.78. The Hall–Kier alpha value is -0.890. The van der Waals surface area contributed by atoms with Crippen molar-refractivity contribution in [2.24, 2.45) is 0 Å². The van der Waals surface area contributed by atoms with E-state index in [2.05, 4.69) is 11.4 Å². The lowest BCUT2D eigenvalue weighted by Crippen LogP contribution is -2.61. The van der Waals surface area contributed by atoms with Gasteiger partial charge in [-0.05, 0) is 12.1 Å². The second kappa shape index (κ2) is 3.70. The van der Waals surface area contributed by atoms with E-state index in [1.807, 2.05) is 12.1 Å². The Balaban J connectivity index is 2.06. The lowest BCUT2D eigenvalue weighted by Gasteiger charge is -2.41. The first kappa shape index (κ1) is 9.66. The number of hydrogen-bond acceptors (Lipinski definition) is 4. The largest absolute Gasteiger partial charge is 0.375 e. The van der Waals surface area contributed by atoms with Gasteiger partial charge in [-0.25, -0.2) is 0 Å². The highest BCUT2D eigenvalue weighted by Gasteiger charge is 2.37. The molecule has 14 heavy (non-hydrogen) atoms. The van der Waals surface area contributed by atoms with Crippen LogP contribution in [-0.2, 0) is 11.2 Å². The molecule has 1 aliphatic heterocycles. The average Bonchev–Trinajstić information content (AvgIpc) is 2.59. The van der Waals surface area contributed by atoms with E-state index in [0.29, 0.717) is 0 Å². The van der Waals surface area contributed by atoms with Crippen LogP contribution in [0, 0.1) is 11.3 Å². The monoisotopic (exact) mass is 208 g/mol. The number of methoxy groups -OCH3 is 1. The molecule has 3 nitrogen and oxygen atoms in total. The van der Waals surface area contributed by atoms with Crippen molar-refractivity contribution in [1.82, 2.24) is 5.32 Å². The Bertz CT molecular complexity index is 357. The van der Waals surface area contributed by atoms with Gasteiger partial charge < -0.3 is 10.1 Å². The molecule has 0 bridgehead atoms. The molecule has 4 heteroatoms. The van der Waals surface area contributed by atoms with E-state index in [-0.39, 0.29) is 5.60 Å². The van der Waals surface area contributed by atoms with Crippen molar-refractivity contribution in [3.63, 3.8) is 0 Å². The second-order valence-electron chi connectivity index (χ2n) is 3.55. The number of hydrogen-bond donors (Lipinski definition) is 1. The molecule has 1 aliphatic rings. The zero-order valence-electron chi connectivity index (χ0n) is 8.04. The summed E-state index contributed by atoms with van der Waals surface area (Å²) in [5.74, 6) is 0. The first-order valence-electron chi connectivity index (χ1n) is 4.53. The summed E-state index contributed by atoms with van der Waals surface area (Å²) in [5, 5.41) is 11.9. The molecule has 1 fully saturated rings. The van der Waals surface area contributed by atoms with E-state index in [0.717, 1.165) is 24.4 Å². The molecule has 74 valence electrons. The van der Waals surface area contributed by atoms with Gasteiger partial charge in [0.05, 0.1) is 5.60 Å². The van der Waals surface area contributed by atoms with Crippen LogP contribution in [0.15, 0.2) is 12.1 Å². The van der Waals surface area contributed by atoms with Crippen LogP contribution in [0.4, 0.5) is 0 Å². The SMILES string of the molecule is COC1(Cc2ccc(C#N)s2)CNC1. The van der Waals surface area contributed by atoms with Gasteiger partial charge in [0.1, 0.15) is 10.9 Å². The van der Waals surface area contributed by atoms with Crippen molar-refractivity contribution in [3.8, 4) is 6.07 Å². The molecular formula is C10H12N2OS. The zero-order chi connectivity index (χ0) is 10.0. The van der Waals surface area contributed by atoms with Crippen molar-refractivity contribution >= 4 is 11.3 Å². The van der Waals surface area contributed by atoms with Crippen molar-refractivity contribution < 1.29 is 4.74 Å². The molecule has 0 aliphatic carbocycles. The third-order valence-electron chi connectivity index (χ3n) is 2.60. The molecule has 2 heterocycles. The van der Waals surface area contributed by atoms with Gasteiger partial charge in [0.2, 0.25) is 0 Å². The van der Waals surface area contributed by atoms with Crippen LogP contribution in [0.5, 0.6) is 0 Å². The number of nitrogens with one attached hydrogen (secondary N) is 1. The molecule has 0 atom stereocenters. The standard InChI is InChI=1S/C10H12N2OS/c1-13-10(6-12-7-10)4-8-2-3-9(5-11)14-8/h2-3,12H,4,6-7H2,1H3. The lowest BCUT2D eigenvalue weighted by atomic mass is 9.92. The summed E-state index contributed by atoms with van der Waals surface area (Å²) in [6, 6.07) is 6.04. The van der Waals surface area contributed by atoms with Crippen LogP contribution in [0.3, 0.4) is 0 Å². The van der Waals surface area contributed by atoms with E-state index < -0.39 is 0 Å². The van der Waals surface area contributed by atoms with Crippen LogP contribution in [0.1, 0.15) is 9.75 Å². The maximum absolute atomic E-state index is 8.69. The third kappa shape index (κ3) is 1.67. The van der Waals surface area contributed by atoms with Gasteiger partial charge in [-0.1, -0.05) is 0 Å². The zero-order valence-corrected chi connectivity index (χ0v) is 8.86. The maximum Gasteiger partial charge on any atom is 0.110 e. The number of nitrogens with zero attached hydrogens (tertiary/aromatic N) is 1. The van der Waals surface area contributed by atoms with Gasteiger partial charge in [0.15, 0.2) is 0 Å². The summed E-state index contributed by atoms with van der Waals surface area (Å²) in [6.07, 6.45) is 0.906. The van der Waals surface area contributed by atoms with Crippen molar-refractivity contribution in [3.05, 3.63) is 21.9 Å². The molecule has 1 saturated heterocycles. The molecule has 0 amide bonds. The number of rotatable bonds is 3. The van der Waals surface area contributed by atoms with Gasteiger partial charge >= 0.3 is 0 Å². The molecular weight excluding hydrogens is 196 g/mol. The van der Waals surface area contributed by atoms with Crippen LogP contribution >= 0.6 is 11.3 Å². The number of nitriles is 1. The molecule has 1 N–H and O–H groups in total. The summed E-state index contributed by atoms with van der Waals surface area (Å²) < 4.78 is 5.48. The van der Waals surface area contributed by atoms with Crippen molar-refractivity contribution in [2.75, 3.05) is 20.2 Å². The topological polar surface area (TPSA) is 45.0 Å². The number of thiophene rings is 1. The highest BCUT2D eigenvalue weighted by atomic mass is 32.1. The molecule has 0 unspecified atom stereocenters. The minimum atomic E-state index is -0.0302. The predicted octanol–water partition coefficient (Wildman–Crippen LogP) is 1.15. The van der Waals surface area contributed by atoms with Crippen molar-refractivity contribution in [2.45, 2.75) is 12.0 Å². The van der Waals surface area contributed by atoms with Crippen LogP contribution in [-0.4, -0.2) is 25.8 Å². The van der Waals surface area contributed by atoms with E-state index >= 15 is 0 Å². The Morgan fingerprint density at radius 3 is 2.86 bits per heavy atom. The average molecular weight is 208 g/mol.